The number of rotatable bonds is 11. The molecule has 3 rings (SSSR count). The van der Waals surface area contributed by atoms with Crippen molar-refractivity contribution in [3.05, 3.63) is 29.8 Å². The summed E-state index contributed by atoms with van der Waals surface area (Å²) >= 11 is 0. The number of carbonyl (C=O) groups is 1. The number of hydrogen-bond acceptors (Lipinski definition) is 5. The van der Waals surface area contributed by atoms with E-state index < -0.39 is 40.6 Å². The number of hydroxylamine groups is 1. The lowest BCUT2D eigenvalue weighted by Gasteiger charge is -2.43. The number of piperidine rings is 2. The molecule has 0 aliphatic carbocycles. The van der Waals surface area contributed by atoms with E-state index in [1.165, 1.54) is 12.1 Å². The van der Waals surface area contributed by atoms with E-state index >= 15 is 0 Å². The lowest BCUT2D eigenvalue weighted by molar-refractivity contribution is -0.148. The molecule has 1 aromatic carbocycles. The summed E-state index contributed by atoms with van der Waals surface area (Å²) in [5.74, 6) is -4.60. The molecule has 0 aromatic heterocycles. The number of alkyl halides is 4. The standard InChI is InChI=1S/C24H35F4N3O4S/c1-2-3-12-30-15-10-23(11-16-30,22(32)29-33)36(34)31-13-8-19(9-14-31)18-4-6-20(7-5-18)35-17-24(27,28)21(25)26/h4-7,19,21,33H,2-3,8-17H2,1H3,(H,29,32). The first-order chi connectivity index (χ1) is 17.1. The normalized spacial score (nSPS) is 20.9. The third kappa shape index (κ3) is 6.76. The summed E-state index contributed by atoms with van der Waals surface area (Å²) in [4.78, 5) is 14.9. The van der Waals surface area contributed by atoms with Crippen LogP contribution in [0.1, 0.15) is 56.9 Å². The van der Waals surface area contributed by atoms with Crippen molar-refractivity contribution in [3.63, 3.8) is 0 Å². The first kappa shape index (κ1) is 28.8. The van der Waals surface area contributed by atoms with E-state index in [2.05, 4.69) is 11.8 Å². The summed E-state index contributed by atoms with van der Waals surface area (Å²) < 4.78 is 69.8. The van der Waals surface area contributed by atoms with Crippen LogP contribution in [0.5, 0.6) is 5.75 Å². The highest BCUT2D eigenvalue weighted by Crippen LogP contribution is 2.36. The summed E-state index contributed by atoms with van der Waals surface area (Å²) in [6, 6.07) is 6.41. The highest BCUT2D eigenvalue weighted by atomic mass is 32.2. The number of amides is 1. The molecule has 0 saturated carbocycles. The zero-order valence-corrected chi connectivity index (χ0v) is 21.3. The minimum atomic E-state index is -4.21. The fourth-order valence-electron chi connectivity index (χ4n) is 4.78. The van der Waals surface area contributed by atoms with Gasteiger partial charge in [-0.25, -0.2) is 22.8 Å². The fraction of sp³-hybridized carbons (Fsp3) is 0.708. The van der Waals surface area contributed by atoms with Crippen molar-refractivity contribution in [1.29, 1.82) is 0 Å². The molecule has 1 atom stereocenters. The summed E-state index contributed by atoms with van der Waals surface area (Å²) in [5, 5.41) is 9.37. The number of likely N-dealkylation sites (tertiary alicyclic amines) is 1. The van der Waals surface area contributed by atoms with Crippen molar-refractivity contribution in [2.45, 2.75) is 68.5 Å². The highest BCUT2D eigenvalue weighted by molar-refractivity contribution is 7.85. The summed E-state index contributed by atoms with van der Waals surface area (Å²) in [6.07, 6.45) is 0.506. The Kier molecular flexibility index (Phi) is 10.1. The second-order valence-electron chi connectivity index (χ2n) is 9.50. The predicted molar refractivity (Wildman–Crippen MR) is 128 cm³/mol. The second kappa shape index (κ2) is 12.7. The molecule has 1 unspecified atom stereocenters. The minimum Gasteiger partial charge on any atom is -0.487 e. The number of ether oxygens (including phenoxy) is 1. The Morgan fingerprint density at radius 3 is 2.33 bits per heavy atom. The van der Waals surface area contributed by atoms with Crippen LogP contribution in [0.4, 0.5) is 17.6 Å². The summed E-state index contributed by atoms with van der Waals surface area (Å²) in [7, 11) is -1.61. The molecule has 0 spiro atoms. The van der Waals surface area contributed by atoms with Crippen LogP contribution in [-0.2, 0) is 15.8 Å². The average molecular weight is 538 g/mol. The minimum absolute atomic E-state index is 0.0832. The van der Waals surface area contributed by atoms with Crippen LogP contribution in [0.3, 0.4) is 0 Å². The zero-order chi connectivity index (χ0) is 26.3. The first-order valence-electron chi connectivity index (χ1n) is 12.4. The van der Waals surface area contributed by atoms with Crippen molar-refractivity contribution in [1.82, 2.24) is 14.7 Å². The van der Waals surface area contributed by atoms with E-state index in [0.29, 0.717) is 51.9 Å². The van der Waals surface area contributed by atoms with Crippen molar-refractivity contribution in [3.8, 4) is 5.75 Å². The molecule has 1 amide bonds. The van der Waals surface area contributed by atoms with Crippen LogP contribution in [-0.4, -0.2) is 81.0 Å². The second-order valence-corrected chi connectivity index (χ2v) is 11.3. The van der Waals surface area contributed by atoms with Gasteiger partial charge >= 0.3 is 12.3 Å². The van der Waals surface area contributed by atoms with E-state index in [9.17, 15) is 31.8 Å². The van der Waals surface area contributed by atoms with E-state index in [-0.39, 0.29) is 11.7 Å². The summed E-state index contributed by atoms with van der Waals surface area (Å²) in [5.41, 5.74) is 2.69. The lowest BCUT2D eigenvalue weighted by Crippen LogP contribution is -2.59. The predicted octanol–water partition coefficient (Wildman–Crippen LogP) is 3.95. The van der Waals surface area contributed by atoms with Gasteiger partial charge in [-0.15, -0.1) is 0 Å². The van der Waals surface area contributed by atoms with Gasteiger partial charge in [0, 0.05) is 26.2 Å². The Morgan fingerprint density at radius 2 is 1.81 bits per heavy atom. The van der Waals surface area contributed by atoms with Crippen molar-refractivity contribution >= 4 is 16.9 Å². The van der Waals surface area contributed by atoms with Gasteiger partial charge in [0.2, 0.25) is 0 Å². The molecular formula is C24H35F4N3O4S. The van der Waals surface area contributed by atoms with Crippen LogP contribution < -0.4 is 10.2 Å². The number of nitrogens with one attached hydrogen (secondary N) is 1. The molecule has 2 aliphatic heterocycles. The van der Waals surface area contributed by atoms with Crippen molar-refractivity contribution in [2.24, 2.45) is 0 Å². The maximum atomic E-state index is 13.6. The van der Waals surface area contributed by atoms with E-state index in [0.717, 1.165) is 24.9 Å². The molecule has 12 heteroatoms. The zero-order valence-electron chi connectivity index (χ0n) is 20.4. The van der Waals surface area contributed by atoms with Gasteiger partial charge in [-0.3, -0.25) is 10.0 Å². The summed E-state index contributed by atoms with van der Waals surface area (Å²) in [6.45, 7) is 3.94. The molecule has 2 N–H and O–H groups in total. The van der Waals surface area contributed by atoms with E-state index in [4.69, 9.17) is 4.74 Å². The van der Waals surface area contributed by atoms with Gasteiger partial charge < -0.3 is 9.64 Å². The van der Waals surface area contributed by atoms with Crippen LogP contribution in [0.2, 0.25) is 0 Å². The number of benzene rings is 1. The third-order valence-corrected chi connectivity index (χ3v) is 9.23. The number of hydrogen-bond donors (Lipinski definition) is 2. The molecule has 1 aromatic rings. The van der Waals surface area contributed by atoms with Gasteiger partial charge in [-0.1, -0.05) is 25.5 Å². The quantitative estimate of drug-likeness (QED) is 0.254. The monoisotopic (exact) mass is 537 g/mol. The van der Waals surface area contributed by atoms with Crippen molar-refractivity contribution in [2.75, 3.05) is 39.3 Å². The van der Waals surface area contributed by atoms with Gasteiger partial charge in [0.1, 0.15) is 21.5 Å². The average Bonchev–Trinajstić information content (AvgIpc) is 2.90. The highest BCUT2D eigenvalue weighted by Gasteiger charge is 2.49. The van der Waals surface area contributed by atoms with Gasteiger partial charge in [-0.2, -0.15) is 8.78 Å². The maximum Gasteiger partial charge on any atom is 0.340 e. The van der Waals surface area contributed by atoms with Gasteiger partial charge in [-0.05, 0) is 62.3 Å². The largest absolute Gasteiger partial charge is 0.487 e. The molecule has 2 heterocycles. The molecule has 2 fully saturated rings. The molecule has 2 saturated heterocycles. The Labute approximate surface area is 211 Å². The molecule has 204 valence electrons. The number of unbranched alkanes of at least 4 members (excludes halogenated alkanes) is 1. The van der Waals surface area contributed by atoms with Crippen LogP contribution in [0.15, 0.2) is 24.3 Å². The Morgan fingerprint density at radius 1 is 1.19 bits per heavy atom. The maximum absolute atomic E-state index is 13.6. The topological polar surface area (TPSA) is 82.1 Å². The van der Waals surface area contributed by atoms with Crippen LogP contribution in [0.25, 0.3) is 0 Å². The molecule has 7 nitrogen and oxygen atoms in total. The Hall–Kier alpha value is -1.76. The SMILES string of the molecule is CCCCN1CCC(C(=O)NO)(S(=O)N2CCC(c3ccc(OCC(F)(F)C(F)F)cc3)CC2)CC1. The molecule has 36 heavy (non-hydrogen) atoms. The smallest absolute Gasteiger partial charge is 0.340 e. The Balaban J connectivity index is 1.56. The number of nitrogens with zero attached hydrogens (tertiary/aromatic N) is 2. The molecule has 0 bridgehead atoms. The van der Waals surface area contributed by atoms with Crippen LogP contribution in [0, 0.1) is 0 Å². The Bertz CT molecular complexity index is 875. The van der Waals surface area contributed by atoms with Gasteiger partial charge in [0.25, 0.3) is 5.91 Å². The molecular weight excluding hydrogens is 502 g/mol. The molecule has 2 aliphatic rings. The van der Waals surface area contributed by atoms with Gasteiger partial charge in [0.05, 0.1) is 0 Å². The van der Waals surface area contributed by atoms with E-state index in [1.807, 2.05) is 0 Å². The lowest BCUT2D eigenvalue weighted by atomic mass is 9.90. The molecule has 0 radical (unpaired) electrons. The first-order valence-corrected chi connectivity index (χ1v) is 13.5. The number of halogens is 4. The van der Waals surface area contributed by atoms with Crippen LogP contribution >= 0.6 is 0 Å². The number of carbonyl (C=O) groups excluding carboxylic acids is 1. The van der Waals surface area contributed by atoms with Crippen molar-refractivity contribution < 1.29 is 36.5 Å². The third-order valence-electron chi connectivity index (χ3n) is 7.13. The van der Waals surface area contributed by atoms with Gasteiger partial charge in [0.15, 0.2) is 6.61 Å². The van der Waals surface area contributed by atoms with E-state index in [1.54, 1.807) is 21.9 Å². The fourth-order valence-corrected chi connectivity index (χ4v) is 6.56.